The highest BCUT2D eigenvalue weighted by atomic mass is 35.5. The van der Waals surface area contributed by atoms with Gasteiger partial charge in [-0.25, -0.2) is 0 Å². The molecule has 2 amide bonds. The molecule has 5 rings (SSSR count). The van der Waals surface area contributed by atoms with Crippen molar-refractivity contribution in [3.8, 4) is 5.75 Å². The molecule has 0 saturated carbocycles. The lowest BCUT2D eigenvalue weighted by molar-refractivity contribution is -0.384. The molecule has 0 spiro atoms. The molecule has 1 fully saturated rings. The van der Waals surface area contributed by atoms with Crippen molar-refractivity contribution in [2.24, 2.45) is 5.92 Å². The first kappa shape index (κ1) is 26.5. The number of aliphatic hydroxyl groups excluding tert-OH is 1. The summed E-state index contributed by atoms with van der Waals surface area (Å²) in [6.45, 7) is 2.42. The van der Waals surface area contributed by atoms with Crippen molar-refractivity contribution in [3.63, 3.8) is 0 Å². The largest absolute Gasteiger partial charge is 0.491 e. The number of amides is 2. The van der Waals surface area contributed by atoms with Gasteiger partial charge in [0.1, 0.15) is 18.5 Å². The Morgan fingerprint density at radius 3 is 2.14 bits per heavy atom. The van der Waals surface area contributed by atoms with Crippen LogP contribution in [-0.2, 0) is 0 Å². The summed E-state index contributed by atoms with van der Waals surface area (Å²) in [4.78, 5) is 40.1. The first-order valence-corrected chi connectivity index (χ1v) is 12.1. The number of rotatable bonds is 8. The summed E-state index contributed by atoms with van der Waals surface area (Å²) in [5.41, 5.74) is 1.15. The number of piperidine rings is 1. The van der Waals surface area contributed by atoms with E-state index in [2.05, 4.69) is 4.90 Å². The molecule has 194 valence electrons. The van der Waals surface area contributed by atoms with Gasteiger partial charge < -0.3 is 14.7 Å². The maximum atomic E-state index is 13.2. The van der Waals surface area contributed by atoms with Gasteiger partial charge in [0.15, 0.2) is 0 Å². The Morgan fingerprint density at radius 2 is 1.57 bits per heavy atom. The minimum atomic E-state index is -0.709. The summed E-state index contributed by atoms with van der Waals surface area (Å²) >= 11 is 0. The van der Waals surface area contributed by atoms with Crippen LogP contribution < -0.4 is 4.74 Å². The van der Waals surface area contributed by atoms with Crippen molar-refractivity contribution in [2.75, 3.05) is 32.8 Å². The van der Waals surface area contributed by atoms with E-state index in [0.29, 0.717) is 30.0 Å². The summed E-state index contributed by atoms with van der Waals surface area (Å²) < 4.78 is 5.56. The van der Waals surface area contributed by atoms with Crippen LogP contribution in [0.3, 0.4) is 0 Å². The summed E-state index contributed by atoms with van der Waals surface area (Å²) in [7, 11) is 0. The lowest BCUT2D eigenvalue weighted by Gasteiger charge is -2.36. The fourth-order valence-corrected chi connectivity index (χ4v) is 5.06. The predicted octanol–water partition coefficient (Wildman–Crippen LogP) is 3.92. The Morgan fingerprint density at radius 1 is 0.973 bits per heavy atom. The zero-order chi connectivity index (χ0) is 25.2. The van der Waals surface area contributed by atoms with Crippen LogP contribution in [0.1, 0.15) is 33.6 Å². The number of carbonyl (C=O) groups is 2. The number of aliphatic hydroxyl groups is 1. The highest BCUT2D eigenvalue weighted by molar-refractivity contribution is 6.25. The molecule has 0 aromatic heterocycles. The number of nitrogens with zero attached hydrogens (tertiary/aromatic N) is 3. The first-order chi connectivity index (χ1) is 17.4. The number of nitro benzene ring substituents is 1. The molecule has 1 unspecified atom stereocenters. The van der Waals surface area contributed by atoms with Gasteiger partial charge in [0.25, 0.3) is 17.5 Å². The first-order valence-electron chi connectivity index (χ1n) is 12.1. The molecule has 1 atom stereocenters. The number of hydrogen-bond donors (Lipinski definition) is 1. The standard InChI is InChI=1S/C27H27N3O6.ClH/c31-21(17-36-22-9-7-20(8-10-22)30(34)35)16-28-13-11-18(12-14-28)15-29-26(32)23-5-1-3-19-4-2-6-24(25(19)23)27(29)33;/h1-10,18,21,31H,11-17H2;1H. The molecule has 2 aliphatic rings. The number of β-amino-alcohol motifs (C(OH)–C–C–N with tert-alkyl or cyclic N) is 1. The van der Waals surface area contributed by atoms with Gasteiger partial charge in [0, 0.05) is 41.7 Å². The Bertz CT molecular complexity index is 1260. The lowest BCUT2D eigenvalue weighted by Crippen LogP contribution is -2.46. The Kier molecular flexibility index (Phi) is 8.06. The number of halogens is 1. The molecule has 0 radical (unpaired) electrons. The molecule has 9 nitrogen and oxygen atoms in total. The second kappa shape index (κ2) is 11.2. The van der Waals surface area contributed by atoms with E-state index in [-0.39, 0.29) is 42.4 Å². The van der Waals surface area contributed by atoms with Crippen LogP contribution in [0.4, 0.5) is 5.69 Å². The maximum absolute atomic E-state index is 13.2. The van der Waals surface area contributed by atoms with Gasteiger partial charge in [0.05, 0.1) is 4.92 Å². The van der Waals surface area contributed by atoms with Crippen LogP contribution in [0.2, 0.25) is 0 Å². The van der Waals surface area contributed by atoms with E-state index in [1.807, 2.05) is 24.3 Å². The highest BCUT2D eigenvalue weighted by Crippen LogP contribution is 2.31. The van der Waals surface area contributed by atoms with Gasteiger partial charge in [-0.3, -0.25) is 24.6 Å². The van der Waals surface area contributed by atoms with Gasteiger partial charge in [0.2, 0.25) is 0 Å². The van der Waals surface area contributed by atoms with E-state index in [9.17, 15) is 24.8 Å². The monoisotopic (exact) mass is 525 g/mol. The van der Waals surface area contributed by atoms with Crippen molar-refractivity contribution in [2.45, 2.75) is 18.9 Å². The van der Waals surface area contributed by atoms with E-state index in [0.717, 1.165) is 36.7 Å². The van der Waals surface area contributed by atoms with Crippen LogP contribution >= 0.6 is 12.4 Å². The number of nitro groups is 1. The number of hydrogen-bond acceptors (Lipinski definition) is 7. The van der Waals surface area contributed by atoms with Crippen LogP contribution in [0, 0.1) is 16.0 Å². The Balaban J connectivity index is 0.00000320. The van der Waals surface area contributed by atoms with Gasteiger partial charge in [-0.15, -0.1) is 12.4 Å². The number of likely N-dealkylation sites (tertiary alicyclic amines) is 1. The Hall–Kier alpha value is -3.53. The molecule has 37 heavy (non-hydrogen) atoms. The fourth-order valence-electron chi connectivity index (χ4n) is 5.06. The summed E-state index contributed by atoms with van der Waals surface area (Å²) in [5, 5.41) is 22.8. The number of ether oxygens (including phenoxy) is 1. The third-order valence-corrected chi connectivity index (χ3v) is 6.96. The topological polar surface area (TPSA) is 113 Å². The molecule has 1 N–H and O–H groups in total. The molecule has 0 bridgehead atoms. The third-order valence-electron chi connectivity index (χ3n) is 6.96. The molecule has 3 aromatic carbocycles. The van der Waals surface area contributed by atoms with Crippen molar-refractivity contribution >= 4 is 40.7 Å². The van der Waals surface area contributed by atoms with Crippen LogP contribution in [0.5, 0.6) is 5.75 Å². The molecule has 2 aliphatic heterocycles. The number of benzene rings is 3. The zero-order valence-corrected chi connectivity index (χ0v) is 20.9. The summed E-state index contributed by atoms with van der Waals surface area (Å²) in [5.74, 6) is 0.203. The maximum Gasteiger partial charge on any atom is 0.269 e. The number of non-ortho nitro benzene ring substituents is 1. The number of imide groups is 1. The summed E-state index contributed by atoms with van der Waals surface area (Å²) in [6.07, 6.45) is 0.927. The Labute approximate surface area is 220 Å². The van der Waals surface area contributed by atoms with E-state index in [1.54, 1.807) is 12.1 Å². The van der Waals surface area contributed by atoms with Gasteiger partial charge in [-0.05, 0) is 61.5 Å². The fraction of sp³-hybridized carbons (Fsp3) is 0.333. The molecular weight excluding hydrogens is 498 g/mol. The minimum Gasteiger partial charge on any atom is -0.491 e. The average molecular weight is 526 g/mol. The lowest BCUT2D eigenvalue weighted by atomic mass is 9.91. The van der Waals surface area contributed by atoms with E-state index in [4.69, 9.17) is 4.74 Å². The summed E-state index contributed by atoms with van der Waals surface area (Å²) in [6, 6.07) is 16.9. The predicted molar refractivity (Wildman–Crippen MR) is 140 cm³/mol. The molecule has 1 saturated heterocycles. The van der Waals surface area contributed by atoms with Crippen LogP contribution in [0.25, 0.3) is 10.8 Å². The second-order valence-corrected chi connectivity index (χ2v) is 9.39. The molecule has 10 heteroatoms. The van der Waals surface area contributed by atoms with Crippen molar-refractivity contribution in [3.05, 3.63) is 81.9 Å². The molecule has 3 aromatic rings. The normalized spacial score (nSPS) is 16.9. The highest BCUT2D eigenvalue weighted by Gasteiger charge is 2.34. The molecular formula is C27H28ClN3O6. The van der Waals surface area contributed by atoms with Crippen LogP contribution in [0.15, 0.2) is 60.7 Å². The van der Waals surface area contributed by atoms with Gasteiger partial charge in [-0.1, -0.05) is 24.3 Å². The quantitative estimate of drug-likeness (QED) is 0.269. The number of carbonyl (C=O) groups excluding carboxylic acids is 2. The zero-order valence-electron chi connectivity index (χ0n) is 20.1. The minimum absolute atomic E-state index is 0. The van der Waals surface area contributed by atoms with E-state index >= 15 is 0 Å². The van der Waals surface area contributed by atoms with E-state index < -0.39 is 11.0 Å². The van der Waals surface area contributed by atoms with Gasteiger partial charge in [-0.2, -0.15) is 0 Å². The smallest absolute Gasteiger partial charge is 0.269 e. The van der Waals surface area contributed by atoms with Crippen LogP contribution in [-0.4, -0.2) is 70.5 Å². The third kappa shape index (κ3) is 5.58. The molecule has 0 aliphatic carbocycles. The van der Waals surface area contributed by atoms with Crippen molar-refractivity contribution in [1.29, 1.82) is 0 Å². The van der Waals surface area contributed by atoms with Gasteiger partial charge >= 0.3 is 0 Å². The second-order valence-electron chi connectivity index (χ2n) is 9.39. The SMILES string of the molecule is Cl.O=C1c2cccc3cccc(c23)C(=O)N1CC1CCN(CC(O)COc2ccc([N+](=O)[O-])cc2)CC1. The van der Waals surface area contributed by atoms with Crippen molar-refractivity contribution in [1.82, 2.24) is 9.80 Å². The average Bonchev–Trinajstić information content (AvgIpc) is 2.89. The molecule has 2 heterocycles. The van der Waals surface area contributed by atoms with Crippen molar-refractivity contribution < 1.29 is 24.4 Å². The van der Waals surface area contributed by atoms with E-state index in [1.165, 1.54) is 29.2 Å².